The molecular weight excluding hydrogens is 293 g/mol. The number of benzene rings is 1. The fourth-order valence-electron chi connectivity index (χ4n) is 1.17. The van der Waals surface area contributed by atoms with E-state index in [9.17, 15) is 9.18 Å². The van der Waals surface area contributed by atoms with Crippen molar-refractivity contribution >= 4 is 27.8 Å². The minimum Gasteiger partial charge on any atom is -0.288 e. The van der Waals surface area contributed by atoms with Gasteiger partial charge in [0.05, 0.1) is 12.6 Å². The first-order valence-electron chi connectivity index (χ1n) is 4.56. The molecule has 0 aliphatic heterocycles. The minimum atomic E-state index is -0.510. The van der Waals surface area contributed by atoms with Gasteiger partial charge in [-0.3, -0.25) is 10.1 Å². The molecule has 0 bridgehead atoms. The number of aromatic nitrogens is 4. The highest BCUT2D eigenvalue weighted by Crippen LogP contribution is 2.18. The monoisotopic (exact) mass is 299 g/mol. The van der Waals surface area contributed by atoms with Gasteiger partial charge in [0.15, 0.2) is 0 Å². The predicted octanol–water partition coefficient (Wildman–Crippen LogP) is 1.36. The molecule has 8 heteroatoms. The van der Waals surface area contributed by atoms with Gasteiger partial charge in [-0.05, 0) is 39.3 Å². The molecule has 0 radical (unpaired) electrons. The molecule has 88 valence electrons. The van der Waals surface area contributed by atoms with E-state index in [-0.39, 0.29) is 11.5 Å². The van der Waals surface area contributed by atoms with Crippen molar-refractivity contribution in [2.24, 2.45) is 7.05 Å². The van der Waals surface area contributed by atoms with Gasteiger partial charge >= 0.3 is 0 Å². The number of carbonyl (C=O) groups is 1. The quantitative estimate of drug-likeness (QED) is 0.909. The molecule has 0 aliphatic carbocycles. The molecule has 1 aromatic heterocycles. The Bertz CT molecular complexity index is 570. The van der Waals surface area contributed by atoms with Gasteiger partial charge in [-0.1, -0.05) is 5.10 Å². The Morgan fingerprint density at radius 2 is 2.29 bits per heavy atom. The molecule has 2 rings (SSSR count). The summed E-state index contributed by atoms with van der Waals surface area (Å²) in [4.78, 5) is 13.0. The predicted molar refractivity (Wildman–Crippen MR) is 60.9 cm³/mol. The molecule has 1 N–H and O–H groups in total. The van der Waals surface area contributed by atoms with E-state index in [2.05, 4.69) is 36.7 Å². The SMILES string of the molecule is Cn1nnc(NC(=O)c2cc(F)ccc2Br)n1. The highest BCUT2D eigenvalue weighted by Gasteiger charge is 2.13. The van der Waals surface area contributed by atoms with Crippen molar-refractivity contribution in [3.8, 4) is 0 Å². The molecule has 2 aromatic rings. The zero-order valence-electron chi connectivity index (χ0n) is 8.69. The Hall–Kier alpha value is -1.83. The Morgan fingerprint density at radius 3 is 2.94 bits per heavy atom. The number of anilines is 1. The summed E-state index contributed by atoms with van der Waals surface area (Å²) >= 11 is 3.16. The normalized spacial score (nSPS) is 10.3. The first-order chi connectivity index (χ1) is 8.06. The van der Waals surface area contributed by atoms with Crippen LogP contribution >= 0.6 is 15.9 Å². The summed E-state index contributed by atoms with van der Waals surface area (Å²) in [5.74, 6) is -0.941. The van der Waals surface area contributed by atoms with Crippen LogP contribution in [0.3, 0.4) is 0 Å². The van der Waals surface area contributed by atoms with Gasteiger partial charge in [0.2, 0.25) is 0 Å². The van der Waals surface area contributed by atoms with Crippen molar-refractivity contribution in [2.75, 3.05) is 5.32 Å². The van der Waals surface area contributed by atoms with E-state index in [1.54, 1.807) is 7.05 Å². The van der Waals surface area contributed by atoms with E-state index in [0.29, 0.717) is 4.47 Å². The van der Waals surface area contributed by atoms with Crippen LogP contribution in [0, 0.1) is 5.82 Å². The second-order valence-electron chi connectivity index (χ2n) is 3.18. The van der Waals surface area contributed by atoms with Gasteiger partial charge in [-0.15, -0.1) is 5.10 Å². The van der Waals surface area contributed by atoms with Crippen LogP contribution in [0.1, 0.15) is 10.4 Å². The van der Waals surface area contributed by atoms with Crippen molar-refractivity contribution in [2.45, 2.75) is 0 Å². The van der Waals surface area contributed by atoms with Gasteiger partial charge < -0.3 is 0 Å². The first-order valence-corrected chi connectivity index (χ1v) is 5.36. The number of tetrazole rings is 1. The van der Waals surface area contributed by atoms with Crippen LogP contribution in [0.4, 0.5) is 10.3 Å². The molecule has 0 atom stereocenters. The molecule has 0 spiro atoms. The number of hydrogen-bond acceptors (Lipinski definition) is 4. The molecule has 0 fully saturated rings. The molecule has 17 heavy (non-hydrogen) atoms. The summed E-state index contributed by atoms with van der Waals surface area (Å²) in [7, 11) is 1.57. The third-order valence-corrected chi connectivity index (χ3v) is 2.60. The molecule has 1 heterocycles. The van der Waals surface area contributed by atoms with E-state index < -0.39 is 11.7 Å². The van der Waals surface area contributed by atoms with Crippen molar-refractivity contribution in [3.63, 3.8) is 0 Å². The number of carbonyl (C=O) groups excluding carboxylic acids is 1. The Kier molecular flexibility index (Phi) is 3.14. The summed E-state index contributed by atoms with van der Waals surface area (Å²) < 4.78 is 13.5. The molecule has 0 saturated carbocycles. The Labute approximate surface area is 104 Å². The molecule has 0 saturated heterocycles. The van der Waals surface area contributed by atoms with Gasteiger partial charge in [0.1, 0.15) is 5.82 Å². The van der Waals surface area contributed by atoms with E-state index in [4.69, 9.17) is 0 Å². The fourth-order valence-corrected chi connectivity index (χ4v) is 1.60. The second-order valence-corrected chi connectivity index (χ2v) is 4.04. The number of rotatable bonds is 2. The van der Waals surface area contributed by atoms with Crippen LogP contribution in [-0.4, -0.2) is 26.1 Å². The zero-order valence-corrected chi connectivity index (χ0v) is 10.3. The molecule has 1 amide bonds. The third-order valence-electron chi connectivity index (χ3n) is 1.91. The Morgan fingerprint density at radius 1 is 1.53 bits per heavy atom. The number of hydrogen-bond donors (Lipinski definition) is 1. The summed E-state index contributed by atoms with van der Waals surface area (Å²) in [6.45, 7) is 0. The summed E-state index contributed by atoms with van der Waals surface area (Å²) in [6.07, 6.45) is 0. The smallest absolute Gasteiger partial charge is 0.270 e. The highest BCUT2D eigenvalue weighted by atomic mass is 79.9. The second kappa shape index (κ2) is 4.58. The lowest BCUT2D eigenvalue weighted by molar-refractivity contribution is 0.102. The van der Waals surface area contributed by atoms with Crippen LogP contribution < -0.4 is 5.32 Å². The summed E-state index contributed by atoms with van der Waals surface area (Å²) in [6, 6.07) is 3.82. The number of amides is 1. The number of halogens is 2. The van der Waals surface area contributed by atoms with E-state index in [1.807, 2.05) is 0 Å². The minimum absolute atomic E-state index is 0.0636. The van der Waals surface area contributed by atoms with E-state index in [1.165, 1.54) is 16.9 Å². The number of nitrogens with one attached hydrogen (secondary N) is 1. The standard InChI is InChI=1S/C9H7BrFN5O/c1-16-14-9(13-15-16)12-8(17)6-4-5(11)2-3-7(6)10/h2-4H,1H3,(H,12,14,17). The fraction of sp³-hybridized carbons (Fsp3) is 0.111. The average Bonchev–Trinajstić information content (AvgIpc) is 2.67. The number of nitrogens with zero attached hydrogens (tertiary/aromatic N) is 4. The van der Waals surface area contributed by atoms with Crippen molar-refractivity contribution in [3.05, 3.63) is 34.1 Å². The number of aryl methyl sites for hydroxylation is 1. The van der Waals surface area contributed by atoms with Crippen LogP contribution in [0.25, 0.3) is 0 Å². The lowest BCUT2D eigenvalue weighted by Gasteiger charge is -2.03. The maximum Gasteiger partial charge on any atom is 0.270 e. The van der Waals surface area contributed by atoms with Crippen LogP contribution in [0.5, 0.6) is 0 Å². The van der Waals surface area contributed by atoms with Crippen molar-refractivity contribution in [1.29, 1.82) is 0 Å². The van der Waals surface area contributed by atoms with Crippen molar-refractivity contribution < 1.29 is 9.18 Å². The average molecular weight is 300 g/mol. The van der Waals surface area contributed by atoms with Crippen molar-refractivity contribution in [1.82, 2.24) is 20.2 Å². The molecule has 0 unspecified atom stereocenters. The molecule has 6 nitrogen and oxygen atoms in total. The third kappa shape index (κ3) is 2.64. The maximum atomic E-state index is 13.0. The van der Waals surface area contributed by atoms with Crippen LogP contribution in [0.15, 0.2) is 22.7 Å². The zero-order chi connectivity index (χ0) is 12.4. The summed E-state index contributed by atoms with van der Waals surface area (Å²) in [5.41, 5.74) is 0.164. The maximum absolute atomic E-state index is 13.0. The highest BCUT2D eigenvalue weighted by molar-refractivity contribution is 9.10. The van der Waals surface area contributed by atoms with Crippen LogP contribution in [0.2, 0.25) is 0 Å². The van der Waals surface area contributed by atoms with Gasteiger partial charge in [0, 0.05) is 4.47 Å². The molecule has 1 aromatic carbocycles. The van der Waals surface area contributed by atoms with Gasteiger partial charge in [0.25, 0.3) is 11.9 Å². The van der Waals surface area contributed by atoms with Gasteiger partial charge in [-0.25, -0.2) is 4.39 Å². The van der Waals surface area contributed by atoms with Gasteiger partial charge in [-0.2, -0.15) is 4.80 Å². The summed E-state index contributed by atoms with van der Waals surface area (Å²) in [5, 5.41) is 13.3. The molecular formula is C9H7BrFN5O. The Balaban J connectivity index is 2.22. The topological polar surface area (TPSA) is 72.7 Å². The van der Waals surface area contributed by atoms with E-state index >= 15 is 0 Å². The van der Waals surface area contributed by atoms with E-state index in [0.717, 1.165) is 6.07 Å². The lowest BCUT2D eigenvalue weighted by atomic mass is 10.2. The molecule has 0 aliphatic rings. The van der Waals surface area contributed by atoms with Crippen LogP contribution in [-0.2, 0) is 7.05 Å². The first kappa shape index (κ1) is 11.6. The largest absolute Gasteiger partial charge is 0.288 e. The lowest BCUT2D eigenvalue weighted by Crippen LogP contribution is -2.14.